The number of hydrogen-bond acceptors (Lipinski definition) is 1. The number of nitrogens with zero attached hydrogens (tertiary/aromatic N) is 1. The molecule has 0 amide bonds. The molecule has 1 heterocycles. The van der Waals surface area contributed by atoms with Gasteiger partial charge in [-0.2, -0.15) is 0 Å². The fourth-order valence-corrected chi connectivity index (χ4v) is 2.16. The molecule has 0 aliphatic carbocycles. The van der Waals surface area contributed by atoms with Gasteiger partial charge in [-0.25, -0.2) is 0 Å². The summed E-state index contributed by atoms with van der Waals surface area (Å²) >= 11 is 0. The number of hydrogen-bond donors (Lipinski definition) is 0. The van der Waals surface area contributed by atoms with Gasteiger partial charge >= 0.3 is 0 Å². The number of piperidine rings is 1. The van der Waals surface area contributed by atoms with Gasteiger partial charge in [0.25, 0.3) is 0 Å². The van der Waals surface area contributed by atoms with Gasteiger partial charge in [-0.15, -0.1) is 0 Å². The Morgan fingerprint density at radius 1 is 1.13 bits per heavy atom. The zero-order valence-corrected chi connectivity index (χ0v) is 11.4. The van der Waals surface area contributed by atoms with Gasteiger partial charge < -0.3 is 4.90 Å². The molecule has 1 aliphatic rings. The summed E-state index contributed by atoms with van der Waals surface area (Å²) in [5.41, 5.74) is 1.13. The Hall–Kier alpha value is -0.0400. The van der Waals surface area contributed by atoms with E-state index in [9.17, 15) is 0 Å². The third kappa shape index (κ3) is 4.55. The maximum atomic E-state index is 2.66. The van der Waals surface area contributed by atoms with E-state index in [0.29, 0.717) is 10.8 Å². The van der Waals surface area contributed by atoms with E-state index in [0.717, 1.165) is 0 Å². The highest BCUT2D eigenvalue weighted by Gasteiger charge is 2.28. The molecule has 1 rings (SSSR count). The summed E-state index contributed by atoms with van der Waals surface area (Å²) in [5, 5.41) is 0. The quantitative estimate of drug-likeness (QED) is 0.683. The molecule has 0 spiro atoms. The molecule has 15 heavy (non-hydrogen) atoms. The minimum atomic E-state index is 0.492. The van der Waals surface area contributed by atoms with Gasteiger partial charge in [0.05, 0.1) is 0 Å². The van der Waals surface area contributed by atoms with Crippen molar-refractivity contribution in [2.24, 2.45) is 10.8 Å². The van der Waals surface area contributed by atoms with Crippen molar-refractivity contribution < 1.29 is 0 Å². The van der Waals surface area contributed by atoms with Gasteiger partial charge in [0.2, 0.25) is 0 Å². The van der Waals surface area contributed by atoms with Crippen LogP contribution in [0.4, 0.5) is 0 Å². The zero-order chi connectivity index (χ0) is 11.5. The standard InChI is InChI=1S/C14H29N/c1-6-14(5)8-11-15(12-9-14)10-7-13(2,3)4/h6-12H2,1-5H3. The first-order valence-corrected chi connectivity index (χ1v) is 6.57. The van der Waals surface area contributed by atoms with Crippen molar-refractivity contribution in [1.82, 2.24) is 4.90 Å². The van der Waals surface area contributed by atoms with Gasteiger partial charge in [0.15, 0.2) is 0 Å². The molecular formula is C14H29N. The van der Waals surface area contributed by atoms with Crippen LogP contribution in [-0.4, -0.2) is 24.5 Å². The van der Waals surface area contributed by atoms with Gasteiger partial charge in [-0.1, -0.05) is 41.0 Å². The van der Waals surface area contributed by atoms with Crippen molar-refractivity contribution in [3.63, 3.8) is 0 Å². The fraction of sp³-hybridized carbons (Fsp3) is 1.00. The van der Waals surface area contributed by atoms with Crippen LogP contribution < -0.4 is 0 Å². The van der Waals surface area contributed by atoms with E-state index in [4.69, 9.17) is 0 Å². The van der Waals surface area contributed by atoms with Crippen LogP contribution in [0, 0.1) is 10.8 Å². The van der Waals surface area contributed by atoms with E-state index in [1.165, 1.54) is 45.3 Å². The normalized spacial score (nSPS) is 23.0. The lowest BCUT2D eigenvalue weighted by Crippen LogP contribution is -2.39. The minimum absolute atomic E-state index is 0.492. The van der Waals surface area contributed by atoms with E-state index >= 15 is 0 Å². The van der Waals surface area contributed by atoms with Crippen LogP contribution >= 0.6 is 0 Å². The summed E-state index contributed by atoms with van der Waals surface area (Å²) in [6.07, 6.45) is 5.47. The van der Waals surface area contributed by atoms with Crippen molar-refractivity contribution in [3.05, 3.63) is 0 Å². The molecule has 0 atom stereocenters. The van der Waals surface area contributed by atoms with Crippen LogP contribution in [0.2, 0.25) is 0 Å². The molecule has 1 heteroatoms. The summed E-state index contributed by atoms with van der Waals surface area (Å²) in [4.78, 5) is 2.66. The van der Waals surface area contributed by atoms with Crippen molar-refractivity contribution in [2.75, 3.05) is 19.6 Å². The molecule has 1 fully saturated rings. The Morgan fingerprint density at radius 3 is 2.07 bits per heavy atom. The molecule has 1 saturated heterocycles. The predicted molar refractivity (Wildman–Crippen MR) is 68.1 cm³/mol. The van der Waals surface area contributed by atoms with Crippen molar-refractivity contribution in [1.29, 1.82) is 0 Å². The fourth-order valence-electron chi connectivity index (χ4n) is 2.16. The molecule has 0 radical (unpaired) electrons. The summed E-state index contributed by atoms with van der Waals surface area (Å²) < 4.78 is 0. The van der Waals surface area contributed by atoms with Gasteiger partial charge in [-0.05, 0) is 49.7 Å². The van der Waals surface area contributed by atoms with E-state index < -0.39 is 0 Å². The Kier molecular flexibility index (Phi) is 4.22. The van der Waals surface area contributed by atoms with E-state index in [-0.39, 0.29) is 0 Å². The van der Waals surface area contributed by atoms with Gasteiger partial charge in [0.1, 0.15) is 0 Å². The third-order valence-corrected chi connectivity index (χ3v) is 4.09. The molecule has 0 aromatic rings. The molecule has 90 valence electrons. The Morgan fingerprint density at radius 2 is 1.67 bits per heavy atom. The van der Waals surface area contributed by atoms with Crippen LogP contribution in [0.3, 0.4) is 0 Å². The molecule has 0 saturated carbocycles. The van der Waals surface area contributed by atoms with E-state index in [1.807, 2.05) is 0 Å². The molecule has 1 aliphatic heterocycles. The second kappa shape index (κ2) is 4.86. The third-order valence-electron chi connectivity index (χ3n) is 4.09. The van der Waals surface area contributed by atoms with Crippen molar-refractivity contribution in [2.45, 2.75) is 60.3 Å². The molecule has 0 aromatic heterocycles. The first-order valence-electron chi connectivity index (χ1n) is 6.57. The van der Waals surface area contributed by atoms with Crippen LogP contribution in [-0.2, 0) is 0 Å². The summed E-state index contributed by atoms with van der Waals surface area (Å²) in [6, 6.07) is 0. The topological polar surface area (TPSA) is 3.24 Å². The second-order valence-corrected chi connectivity index (χ2v) is 6.82. The average molecular weight is 211 g/mol. The molecule has 1 nitrogen and oxygen atoms in total. The lowest BCUT2D eigenvalue weighted by atomic mass is 9.78. The monoisotopic (exact) mass is 211 g/mol. The first-order chi connectivity index (χ1) is 6.85. The number of rotatable bonds is 3. The molecular weight excluding hydrogens is 182 g/mol. The van der Waals surface area contributed by atoms with Crippen molar-refractivity contribution >= 4 is 0 Å². The maximum Gasteiger partial charge on any atom is -0.00135 e. The van der Waals surface area contributed by atoms with Crippen LogP contribution in [0.25, 0.3) is 0 Å². The largest absolute Gasteiger partial charge is 0.303 e. The van der Waals surface area contributed by atoms with Crippen LogP contribution in [0.15, 0.2) is 0 Å². The average Bonchev–Trinajstić information content (AvgIpc) is 2.16. The van der Waals surface area contributed by atoms with E-state index in [2.05, 4.69) is 39.5 Å². The van der Waals surface area contributed by atoms with Crippen LogP contribution in [0.5, 0.6) is 0 Å². The van der Waals surface area contributed by atoms with Gasteiger partial charge in [-0.3, -0.25) is 0 Å². The highest BCUT2D eigenvalue weighted by Crippen LogP contribution is 2.34. The first kappa shape index (κ1) is 13.0. The number of likely N-dealkylation sites (tertiary alicyclic amines) is 1. The Labute approximate surface area is 96.2 Å². The lowest BCUT2D eigenvalue weighted by molar-refractivity contribution is 0.105. The predicted octanol–water partition coefficient (Wildman–Crippen LogP) is 3.93. The highest BCUT2D eigenvalue weighted by molar-refractivity contribution is 4.81. The summed E-state index contributed by atoms with van der Waals surface area (Å²) in [7, 11) is 0. The Balaban J connectivity index is 2.26. The smallest absolute Gasteiger partial charge is 0.00135 e. The zero-order valence-electron chi connectivity index (χ0n) is 11.4. The van der Waals surface area contributed by atoms with Gasteiger partial charge in [0, 0.05) is 0 Å². The highest BCUT2D eigenvalue weighted by atomic mass is 15.1. The molecule has 0 unspecified atom stereocenters. The minimum Gasteiger partial charge on any atom is -0.303 e. The second-order valence-electron chi connectivity index (χ2n) is 6.82. The lowest BCUT2D eigenvalue weighted by Gasteiger charge is -2.39. The molecule has 0 bridgehead atoms. The SMILES string of the molecule is CCC1(C)CCN(CCC(C)(C)C)CC1. The molecule has 0 N–H and O–H groups in total. The maximum absolute atomic E-state index is 2.66. The summed E-state index contributed by atoms with van der Waals surface area (Å²) in [5.74, 6) is 0. The molecule has 0 aromatic carbocycles. The van der Waals surface area contributed by atoms with E-state index in [1.54, 1.807) is 0 Å². The Bertz CT molecular complexity index is 182. The van der Waals surface area contributed by atoms with Crippen LogP contribution in [0.1, 0.15) is 60.3 Å². The summed E-state index contributed by atoms with van der Waals surface area (Å²) in [6.45, 7) is 15.7. The van der Waals surface area contributed by atoms with Crippen molar-refractivity contribution in [3.8, 4) is 0 Å².